The molecule has 1 atom stereocenters. The van der Waals surface area contributed by atoms with Crippen molar-refractivity contribution in [3.8, 4) is 6.07 Å². The maximum Gasteiger partial charge on any atom is 0.180 e. The van der Waals surface area contributed by atoms with E-state index in [1.165, 1.54) is 11.3 Å². The fraction of sp³-hybridized carbons (Fsp3) is 0.615. The van der Waals surface area contributed by atoms with E-state index in [4.69, 9.17) is 11.0 Å². The third kappa shape index (κ3) is 2.91. The number of hydrogen-bond acceptors (Lipinski definition) is 6. The highest BCUT2D eigenvalue weighted by Gasteiger charge is 2.28. The summed E-state index contributed by atoms with van der Waals surface area (Å²) in [4.78, 5) is 2.49. The first-order valence-corrected chi connectivity index (χ1v) is 9.32. The van der Waals surface area contributed by atoms with Crippen LogP contribution < -0.4 is 10.6 Å². The first-order valence-electron chi connectivity index (χ1n) is 6.62. The Hall–Kier alpha value is -1.26. The summed E-state index contributed by atoms with van der Waals surface area (Å²) in [5.74, 6) is 0.648. The lowest BCUT2D eigenvalue weighted by atomic mass is 10.0. The second-order valence-electron chi connectivity index (χ2n) is 5.39. The lowest BCUT2D eigenvalue weighted by Gasteiger charge is -2.22. The van der Waals surface area contributed by atoms with Gasteiger partial charge in [0.05, 0.1) is 5.69 Å². The Morgan fingerprint density at radius 3 is 2.70 bits per heavy atom. The topological polar surface area (TPSA) is 87.2 Å². The van der Waals surface area contributed by atoms with Gasteiger partial charge in [0.15, 0.2) is 9.84 Å². The van der Waals surface area contributed by atoms with E-state index in [-0.39, 0.29) is 15.5 Å². The van der Waals surface area contributed by atoms with E-state index in [1.807, 2.05) is 6.07 Å². The van der Waals surface area contributed by atoms with Crippen molar-refractivity contribution in [1.29, 1.82) is 5.26 Å². The second kappa shape index (κ2) is 5.62. The van der Waals surface area contributed by atoms with Gasteiger partial charge in [0.25, 0.3) is 0 Å². The number of anilines is 2. The Balaban J connectivity index is 2.48. The summed E-state index contributed by atoms with van der Waals surface area (Å²) < 4.78 is 24.0. The van der Waals surface area contributed by atoms with Crippen molar-refractivity contribution in [2.24, 2.45) is 5.92 Å². The fourth-order valence-corrected chi connectivity index (χ4v) is 5.09. The molecule has 110 valence electrons. The summed E-state index contributed by atoms with van der Waals surface area (Å²) in [6.07, 6.45) is 4.36. The molecule has 0 amide bonds. The average molecular weight is 313 g/mol. The SMILES string of the molecule is CC1CCCN(c2sc(C#N)c(N)c2S(C)(=O)=O)CC1. The predicted octanol–water partition coefficient (Wildman–Crippen LogP) is 2.23. The first kappa shape index (κ1) is 15.1. The van der Waals surface area contributed by atoms with Gasteiger partial charge >= 0.3 is 0 Å². The quantitative estimate of drug-likeness (QED) is 0.904. The summed E-state index contributed by atoms with van der Waals surface area (Å²) in [6.45, 7) is 3.84. The molecule has 1 saturated heterocycles. The molecule has 0 saturated carbocycles. The molecule has 1 aromatic heterocycles. The zero-order valence-electron chi connectivity index (χ0n) is 11.7. The molecule has 1 aliphatic rings. The van der Waals surface area contributed by atoms with Crippen LogP contribution >= 0.6 is 11.3 Å². The third-order valence-electron chi connectivity index (χ3n) is 3.66. The Morgan fingerprint density at radius 1 is 1.40 bits per heavy atom. The van der Waals surface area contributed by atoms with Gasteiger partial charge in [-0.05, 0) is 25.2 Å². The summed E-state index contributed by atoms with van der Waals surface area (Å²) >= 11 is 1.19. The number of hydrogen-bond donors (Lipinski definition) is 1. The molecular weight excluding hydrogens is 294 g/mol. The van der Waals surface area contributed by atoms with Crippen LogP contribution in [0.2, 0.25) is 0 Å². The van der Waals surface area contributed by atoms with E-state index < -0.39 is 9.84 Å². The number of nitrogens with two attached hydrogens (primary N) is 1. The Morgan fingerprint density at radius 2 is 2.10 bits per heavy atom. The maximum absolute atomic E-state index is 12.0. The normalized spacial score (nSPS) is 20.4. The summed E-state index contributed by atoms with van der Waals surface area (Å²) in [5, 5.41) is 9.72. The lowest BCUT2D eigenvalue weighted by Crippen LogP contribution is -2.24. The minimum atomic E-state index is -3.44. The zero-order valence-corrected chi connectivity index (χ0v) is 13.4. The maximum atomic E-state index is 12.0. The van der Waals surface area contributed by atoms with Crippen molar-refractivity contribution in [3.63, 3.8) is 0 Å². The summed E-state index contributed by atoms with van der Waals surface area (Å²) in [5.41, 5.74) is 5.96. The molecule has 2 N–H and O–H groups in total. The van der Waals surface area contributed by atoms with E-state index in [2.05, 4.69) is 11.8 Å². The predicted molar refractivity (Wildman–Crippen MR) is 81.8 cm³/mol. The molecule has 0 radical (unpaired) electrons. The van der Waals surface area contributed by atoms with Crippen molar-refractivity contribution in [3.05, 3.63) is 4.88 Å². The van der Waals surface area contributed by atoms with E-state index in [9.17, 15) is 8.42 Å². The molecule has 2 rings (SSSR count). The monoisotopic (exact) mass is 313 g/mol. The highest BCUT2D eigenvalue weighted by atomic mass is 32.2. The van der Waals surface area contributed by atoms with E-state index in [1.54, 1.807) is 0 Å². The largest absolute Gasteiger partial charge is 0.396 e. The Labute approximate surface area is 123 Å². The first-order chi connectivity index (χ1) is 9.34. The van der Waals surface area contributed by atoms with Crippen molar-refractivity contribution in [1.82, 2.24) is 0 Å². The smallest absolute Gasteiger partial charge is 0.180 e. The molecule has 1 fully saturated rings. The van der Waals surface area contributed by atoms with Crippen LogP contribution in [-0.2, 0) is 9.84 Å². The van der Waals surface area contributed by atoms with Gasteiger partial charge in [0.1, 0.15) is 20.8 Å². The van der Waals surface area contributed by atoms with E-state index >= 15 is 0 Å². The van der Waals surface area contributed by atoms with E-state index in [0.717, 1.165) is 38.6 Å². The Bertz CT molecular complexity index is 643. The second-order valence-corrected chi connectivity index (χ2v) is 8.34. The molecule has 1 unspecified atom stereocenters. The fourth-order valence-electron chi connectivity index (χ4n) is 2.53. The summed E-state index contributed by atoms with van der Waals surface area (Å²) in [7, 11) is -3.44. The van der Waals surface area contributed by atoms with Crippen molar-refractivity contribution in [2.75, 3.05) is 30.0 Å². The molecule has 1 aliphatic heterocycles. The number of nitrogens with zero attached hydrogens (tertiary/aromatic N) is 2. The van der Waals surface area contributed by atoms with Crippen LogP contribution in [0.4, 0.5) is 10.7 Å². The molecule has 20 heavy (non-hydrogen) atoms. The van der Waals surface area contributed by atoms with Crippen molar-refractivity contribution >= 4 is 31.9 Å². The highest BCUT2D eigenvalue weighted by Crippen LogP contribution is 2.42. The van der Waals surface area contributed by atoms with Crippen LogP contribution in [-0.4, -0.2) is 27.8 Å². The van der Waals surface area contributed by atoms with Gasteiger partial charge in [0.2, 0.25) is 0 Å². The standard InChI is InChI=1S/C13H19N3O2S2/c1-9-4-3-6-16(7-5-9)13-12(20(2,17)18)11(15)10(8-14)19-13/h9H,3-7,15H2,1-2H3. The molecule has 1 aromatic rings. The van der Waals surface area contributed by atoms with Gasteiger partial charge in [0, 0.05) is 19.3 Å². The lowest BCUT2D eigenvalue weighted by molar-refractivity contribution is 0.521. The molecular formula is C13H19N3O2S2. The molecule has 0 aliphatic carbocycles. The highest BCUT2D eigenvalue weighted by molar-refractivity contribution is 7.91. The molecule has 0 bridgehead atoms. The van der Waals surface area contributed by atoms with E-state index in [0.29, 0.717) is 10.9 Å². The molecule has 0 spiro atoms. The van der Waals surface area contributed by atoms with Crippen molar-refractivity contribution in [2.45, 2.75) is 31.1 Å². The van der Waals surface area contributed by atoms with Crippen LogP contribution in [0.3, 0.4) is 0 Å². The molecule has 0 aromatic carbocycles. The molecule has 7 heteroatoms. The van der Waals surface area contributed by atoms with Gasteiger partial charge < -0.3 is 10.6 Å². The number of thiophene rings is 1. The van der Waals surface area contributed by atoms with Crippen molar-refractivity contribution < 1.29 is 8.42 Å². The van der Waals surface area contributed by atoms with Crippen LogP contribution in [0.15, 0.2) is 4.90 Å². The van der Waals surface area contributed by atoms with Gasteiger partial charge in [-0.1, -0.05) is 6.92 Å². The number of rotatable bonds is 2. The molecule has 5 nitrogen and oxygen atoms in total. The number of nitriles is 1. The summed E-state index contributed by atoms with van der Waals surface area (Å²) in [6, 6.07) is 1.99. The number of sulfone groups is 1. The minimum Gasteiger partial charge on any atom is -0.396 e. The van der Waals surface area contributed by atoms with Gasteiger partial charge in [-0.25, -0.2) is 8.42 Å². The van der Waals surface area contributed by atoms with Gasteiger partial charge in [-0.2, -0.15) is 5.26 Å². The zero-order chi connectivity index (χ0) is 14.9. The Kier molecular flexibility index (Phi) is 4.25. The third-order valence-corrected chi connectivity index (χ3v) is 6.11. The van der Waals surface area contributed by atoms with Crippen LogP contribution in [0, 0.1) is 17.2 Å². The van der Waals surface area contributed by atoms with Gasteiger partial charge in [-0.3, -0.25) is 0 Å². The average Bonchev–Trinajstić information content (AvgIpc) is 2.54. The van der Waals surface area contributed by atoms with Gasteiger partial charge in [-0.15, -0.1) is 11.3 Å². The minimum absolute atomic E-state index is 0.104. The van der Waals surface area contributed by atoms with Crippen LogP contribution in [0.1, 0.15) is 31.1 Å². The number of nitrogen functional groups attached to an aromatic ring is 1. The van der Waals surface area contributed by atoms with Crippen LogP contribution in [0.5, 0.6) is 0 Å². The molecule has 2 heterocycles. The van der Waals surface area contributed by atoms with Crippen LogP contribution in [0.25, 0.3) is 0 Å².